The van der Waals surface area contributed by atoms with Crippen LogP contribution in [0.5, 0.6) is 0 Å². The van der Waals surface area contributed by atoms with Gasteiger partial charge in [0.05, 0.1) is 4.47 Å². The molecule has 1 aromatic carbocycles. The van der Waals surface area contributed by atoms with Gasteiger partial charge in [0.15, 0.2) is 4.67 Å². The smallest absolute Gasteiger partial charge is 0.183 e. The van der Waals surface area contributed by atoms with E-state index < -0.39 is 17.7 Å². The van der Waals surface area contributed by atoms with Crippen molar-refractivity contribution in [3.8, 4) is 0 Å². The van der Waals surface area contributed by atoms with Crippen molar-refractivity contribution >= 4 is 31.9 Å². The van der Waals surface area contributed by atoms with E-state index in [9.17, 15) is 13.9 Å². The van der Waals surface area contributed by atoms with Crippen LogP contribution in [0.2, 0.25) is 0 Å². The fourth-order valence-electron chi connectivity index (χ4n) is 1.54. The number of aliphatic hydroxyl groups excluding tert-OH is 1. The minimum Gasteiger partial charge on any atom is -0.450 e. The van der Waals surface area contributed by atoms with Crippen molar-refractivity contribution in [2.45, 2.75) is 12.5 Å². The minimum atomic E-state index is -1.04. The van der Waals surface area contributed by atoms with Crippen molar-refractivity contribution in [2.75, 3.05) is 0 Å². The van der Waals surface area contributed by atoms with E-state index in [-0.39, 0.29) is 17.7 Å². The second-order valence-corrected chi connectivity index (χ2v) is 5.30. The second kappa shape index (κ2) is 5.50. The molecule has 0 bridgehead atoms. The number of halogens is 4. The molecule has 96 valence electrons. The molecule has 0 saturated heterocycles. The molecule has 1 atom stereocenters. The number of rotatable bonds is 3. The molecule has 18 heavy (non-hydrogen) atoms. The third kappa shape index (κ3) is 2.99. The van der Waals surface area contributed by atoms with Crippen molar-refractivity contribution < 1.29 is 18.3 Å². The summed E-state index contributed by atoms with van der Waals surface area (Å²) in [6.07, 6.45) is -1.10. The summed E-state index contributed by atoms with van der Waals surface area (Å²) in [6.45, 7) is 0. The van der Waals surface area contributed by atoms with Crippen LogP contribution in [0.4, 0.5) is 8.78 Å². The van der Waals surface area contributed by atoms with Crippen molar-refractivity contribution in [1.82, 2.24) is 0 Å². The highest BCUT2D eigenvalue weighted by Gasteiger charge is 2.17. The first-order chi connectivity index (χ1) is 8.47. The van der Waals surface area contributed by atoms with Gasteiger partial charge in [-0.2, -0.15) is 0 Å². The summed E-state index contributed by atoms with van der Waals surface area (Å²) in [5.41, 5.74) is 0.103. The molecule has 0 radical (unpaired) electrons. The van der Waals surface area contributed by atoms with E-state index in [4.69, 9.17) is 4.42 Å². The Kier molecular flexibility index (Phi) is 4.19. The lowest BCUT2D eigenvalue weighted by atomic mass is 10.1. The normalized spacial score (nSPS) is 12.7. The first kappa shape index (κ1) is 13.7. The van der Waals surface area contributed by atoms with Gasteiger partial charge in [0, 0.05) is 6.42 Å². The topological polar surface area (TPSA) is 33.4 Å². The molecule has 0 aliphatic heterocycles. The van der Waals surface area contributed by atoms with Gasteiger partial charge in [0.1, 0.15) is 23.5 Å². The van der Waals surface area contributed by atoms with E-state index in [2.05, 4.69) is 31.9 Å². The second-order valence-electron chi connectivity index (χ2n) is 3.73. The molecule has 0 aliphatic carbocycles. The molecule has 2 aromatic rings. The largest absolute Gasteiger partial charge is 0.450 e. The van der Waals surface area contributed by atoms with Gasteiger partial charge in [-0.3, -0.25) is 0 Å². The van der Waals surface area contributed by atoms with Gasteiger partial charge in [-0.1, -0.05) is 0 Å². The minimum absolute atomic E-state index is 0.0595. The van der Waals surface area contributed by atoms with Crippen LogP contribution in [0.3, 0.4) is 0 Å². The molecule has 1 heterocycles. The van der Waals surface area contributed by atoms with Crippen LogP contribution in [0.1, 0.15) is 17.4 Å². The van der Waals surface area contributed by atoms with Gasteiger partial charge in [-0.25, -0.2) is 8.78 Å². The van der Waals surface area contributed by atoms with Gasteiger partial charge in [0.25, 0.3) is 0 Å². The molecular formula is C12H8Br2F2O2. The zero-order valence-electron chi connectivity index (χ0n) is 8.96. The summed E-state index contributed by atoms with van der Waals surface area (Å²) in [5, 5.41) is 9.90. The summed E-state index contributed by atoms with van der Waals surface area (Å²) in [7, 11) is 0. The summed E-state index contributed by atoms with van der Waals surface area (Å²) < 4.78 is 32.7. The SMILES string of the molecule is OC(Cc1cc(F)ccc1F)c1cc(Br)c(Br)o1. The van der Waals surface area contributed by atoms with Crippen molar-refractivity contribution in [3.05, 3.63) is 56.4 Å². The maximum Gasteiger partial charge on any atom is 0.183 e. The van der Waals surface area contributed by atoms with Crippen LogP contribution in [-0.2, 0) is 6.42 Å². The molecule has 0 spiro atoms. The number of benzene rings is 1. The number of hydrogen-bond acceptors (Lipinski definition) is 2. The quantitative estimate of drug-likeness (QED) is 0.856. The molecule has 2 rings (SSSR count). The maximum atomic E-state index is 13.4. The highest BCUT2D eigenvalue weighted by Crippen LogP contribution is 2.31. The molecule has 2 nitrogen and oxygen atoms in total. The molecule has 1 aromatic heterocycles. The average molecular weight is 382 g/mol. The molecule has 1 unspecified atom stereocenters. The van der Waals surface area contributed by atoms with Gasteiger partial charge >= 0.3 is 0 Å². The Morgan fingerprint density at radius 3 is 2.56 bits per heavy atom. The van der Waals surface area contributed by atoms with Crippen molar-refractivity contribution in [3.63, 3.8) is 0 Å². The van der Waals surface area contributed by atoms with Crippen LogP contribution in [0, 0.1) is 11.6 Å². The lowest BCUT2D eigenvalue weighted by Crippen LogP contribution is -2.03. The summed E-state index contributed by atoms with van der Waals surface area (Å²) in [4.78, 5) is 0. The van der Waals surface area contributed by atoms with Crippen LogP contribution < -0.4 is 0 Å². The number of furan rings is 1. The lowest BCUT2D eigenvalue weighted by Gasteiger charge is -2.08. The van der Waals surface area contributed by atoms with E-state index in [0.717, 1.165) is 18.2 Å². The van der Waals surface area contributed by atoms with Gasteiger partial charge in [-0.05, 0) is 61.7 Å². The van der Waals surface area contributed by atoms with Crippen LogP contribution in [-0.4, -0.2) is 5.11 Å². The molecule has 0 amide bonds. The van der Waals surface area contributed by atoms with Crippen LogP contribution in [0.25, 0.3) is 0 Å². The zero-order chi connectivity index (χ0) is 13.3. The lowest BCUT2D eigenvalue weighted by molar-refractivity contribution is 0.147. The van der Waals surface area contributed by atoms with Crippen molar-refractivity contribution in [1.29, 1.82) is 0 Å². The Morgan fingerprint density at radius 1 is 1.22 bits per heavy atom. The molecule has 6 heteroatoms. The van der Waals surface area contributed by atoms with Crippen molar-refractivity contribution in [2.24, 2.45) is 0 Å². The monoisotopic (exact) mass is 380 g/mol. The van der Waals surface area contributed by atoms with Crippen LogP contribution >= 0.6 is 31.9 Å². The standard InChI is InChI=1S/C12H8Br2F2O2/c13-8-5-11(18-12(8)14)10(17)4-6-3-7(15)1-2-9(6)16/h1-3,5,10,17H,4H2. The van der Waals surface area contributed by atoms with E-state index in [1.165, 1.54) is 0 Å². The fourth-order valence-corrected chi connectivity index (χ4v) is 2.14. The molecular weight excluding hydrogens is 374 g/mol. The molecule has 1 N–H and O–H groups in total. The number of aliphatic hydroxyl groups is 1. The highest BCUT2D eigenvalue weighted by atomic mass is 79.9. The fraction of sp³-hybridized carbons (Fsp3) is 0.167. The third-order valence-corrected chi connectivity index (χ3v) is 4.12. The Hall–Kier alpha value is -0.720. The van der Waals surface area contributed by atoms with E-state index in [1.54, 1.807) is 6.07 Å². The van der Waals surface area contributed by atoms with Crippen LogP contribution in [0.15, 0.2) is 37.8 Å². The van der Waals surface area contributed by atoms with E-state index in [0.29, 0.717) is 9.14 Å². The first-order valence-corrected chi connectivity index (χ1v) is 6.62. The van der Waals surface area contributed by atoms with Gasteiger partial charge in [-0.15, -0.1) is 0 Å². The van der Waals surface area contributed by atoms with Gasteiger partial charge in [0.2, 0.25) is 0 Å². The number of hydrogen-bond donors (Lipinski definition) is 1. The highest BCUT2D eigenvalue weighted by molar-refractivity contribution is 9.13. The Bertz CT molecular complexity index is 550. The Balaban J connectivity index is 2.20. The van der Waals surface area contributed by atoms with E-state index >= 15 is 0 Å². The molecule has 0 fully saturated rings. The Morgan fingerprint density at radius 2 is 1.94 bits per heavy atom. The first-order valence-electron chi connectivity index (χ1n) is 5.04. The van der Waals surface area contributed by atoms with Gasteiger partial charge < -0.3 is 9.52 Å². The zero-order valence-corrected chi connectivity index (χ0v) is 12.1. The summed E-state index contributed by atoms with van der Waals surface area (Å²) in [5.74, 6) is -0.821. The Labute approximate surface area is 119 Å². The summed E-state index contributed by atoms with van der Waals surface area (Å²) in [6, 6.07) is 4.70. The predicted molar refractivity (Wildman–Crippen MR) is 69.1 cm³/mol. The maximum absolute atomic E-state index is 13.4. The molecule has 0 aliphatic rings. The predicted octanol–water partition coefficient (Wildman–Crippen LogP) is 4.36. The molecule has 0 saturated carbocycles. The summed E-state index contributed by atoms with van der Waals surface area (Å²) >= 11 is 6.35. The average Bonchev–Trinajstić information content (AvgIpc) is 2.64. The van der Waals surface area contributed by atoms with E-state index in [1.807, 2.05) is 0 Å². The third-order valence-electron chi connectivity index (χ3n) is 2.41.